The van der Waals surface area contributed by atoms with Gasteiger partial charge in [0.05, 0.1) is 12.2 Å². The van der Waals surface area contributed by atoms with E-state index in [0.717, 1.165) is 47.7 Å². The predicted molar refractivity (Wildman–Crippen MR) is 149 cm³/mol. The van der Waals surface area contributed by atoms with Gasteiger partial charge in [-0.3, -0.25) is 0 Å². The molecule has 4 saturated carbocycles. The molecule has 0 saturated heterocycles. The summed E-state index contributed by atoms with van der Waals surface area (Å²) in [5.41, 5.74) is 2.32. The second kappa shape index (κ2) is 11.1. The van der Waals surface area contributed by atoms with E-state index in [1.807, 2.05) is 18.5 Å². The van der Waals surface area contributed by atoms with Gasteiger partial charge in [0.15, 0.2) is 13.8 Å². The quantitative estimate of drug-likeness (QED) is 0.204. The molecule has 4 aliphatic rings. The molecular weight excluding hydrogens is 412 g/mol. The summed E-state index contributed by atoms with van der Waals surface area (Å²) < 4.78 is 1.99. The fraction of sp³-hybridized carbons (Fsp3) is 0.906. The van der Waals surface area contributed by atoms with Crippen molar-refractivity contribution in [2.75, 3.05) is 13.6 Å². The predicted octanol–water partition coefficient (Wildman–Crippen LogP) is 8.82. The minimum absolute atomic E-state index is 0.555. The number of hydrazone groups is 1. The normalized spacial score (nSPS) is 41.8. The zero-order chi connectivity index (χ0) is 25.3. The van der Waals surface area contributed by atoms with Gasteiger partial charge in [0.1, 0.15) is 0 Å². The Balaban J connectivity index is 0.00000158. The van der Waals surface area contributed by atoms with Crippen LogP contribution < -0.4 is 0 Å². The van der Waals surface area contributed by atoms with Crippen LogP contribution in [0.1, 0.15) is 119 Å². The van der Waals surface area contributed by atoms with Crippen LogP contribution >= 0.6 is 0 Å². The molecule has 0 aliphatic heterocycles. The molecule has 4 aliphatic carbocycles. The summed E-state index contributed by atoms with van der Waals surface area (Å²) in [7, 11) is 2.06. The highest BCUT2D eigenvalue weighted by Gasteiger charge is 2.58. The van der Waals surface area contributed by atoms with Crippen molar-refractivity contribution in [2.24, 2.45) is 52.3 Å². The highest BCUT2D eigenvalue weighted by Crippen LogP contribution is 2.66. The van der Waals surface area contributed by atoms with Crippen molar-refractivity contribution in [3.8, 4) is 0 Å². The van der Waals surface area contributed by atoms with E-state index in [4.69, 9.17) is 0 Å². The van der Waals surface area contributed by atoms with Gasteiger partial charge in [-0.2, -0.15) is 5.01 Å². The van der Waals surface area contributed by atoms with Gasteiger partial charge in [0.25, 0.3) is 0 Å². The van der Waals surface area contributed by atoms with Crippen molar-refractivity contribution in [3.63, 3.8) is 0 Å². The molecule has 0 aromatic heterocycles. The molecular formula is C32H59N2+. The minimum atomic E-state index is 0.555. The molecule has 34 heavy (non-hydrogen) atoms. The maximum Gasteiger partial charge on any atom is 0.161 e. The average molecular weight is 472 g/mol. The van der Waals surface area contributed by atoms with Gasteiger partial charge in [-0.25, -0.2) is 0 Å². The molecule has 4 rings (SSSR count). The van der Waals surface area contributed by atoms with Gasteiger partial charge in [-0.1, -0.05) is 54.5 Å². The Bertz CT molecular complexity index is 698. The van der Waals surface area contributed by atoms with Crippen molar-refractivity contribution in [2.45, 2.75) is 119 Å². The first-order valence-electron chi connectivity index (χ1n) is 15.1. The van der Waals surface area contributed by atoms with E-state index in [1.54, 1.807) is 0 Å². The second-order valence-electron chi connectivity index (χ2n) is 13.4. The van der Waals surface area contributed by atoms with E-state index in [-0.39, 0.29) is 0 Å². The Morgan fingerprint density at radius 3 is 2.29 bits per heavy atom. The summed E-state index contributed by atoms with van der Waals surface area (Å²) in [5.74, 6) is 6.70. The summed E-state index contributed by atoms with van der Waals surface area (Å²) in [6, 6.07) is 0. The molecule has 0 N–H and O–H groups in total. The Hall–Kier alpha value is -0.790. The van der Waals surface area contributed by atoms with Crippen LogP contribution in [0, 0.1) is 52.3 Å². The Morgan fingerprint density at radius 2 is 1.68 bits per heavy atom. The average Bonchev–Trinajstić information content (AvgIpc) is 3.15. The van der Waals surface area contributed by atoms with Crippen molar-refractivity contribution < 1.29 is 4.68 Å². The van der Waals surface area contributed by atoms with E-state index in [9.17, 15) is 0 Å². The first-order chi connectivity index (χ1) is 16.1. The lowest BCUT2D eigenvalue weighted by Gasteiger charge is -2.58. The van der Waals surface area contributed by atoms with Crippen molar-refractivity contribution >= 4 is 6.72 Å². The smallest absolute Gasteiger partial charge is 0.159 e. The summed E-state index contributed by atoms with van der Waals surface area (Å²) >= 11 is 0. The van der Waals surface area contributed by atoms with Gasteiger partial charge in [0.2, 0.25) is 0 Å². The molecule has 8 unspecified atom stereocenters. The number of fused-ring (bicyclic) bond motifs is 5. The molecule has 0 aromatic rings. The maximum absolute atomic E-state index is 4.21. The number of hydrazine groups is 1. The largest absolute Gasteiger partial charge is 0.161 e. The van der Waals surface area contributed by atoms with E-state index in [0.29, 0.717) is 16.7 Å². The lowest BCUT2D eigenvalue weighted by molar-refractivity contribution is -0.651. The number of allylic oxidation sites excluding steroid dienone is 1. The van der Waals surface area contributed by atoms with Crippen LogP contribution in [0.3, 0.4) is 0 Å². The first kappa shape index (κ1) is 27.8. The van der Waals surface area contributed by atoms with E-state index in [2.05, 4.69) is 60.0 Å². The highest BCUT2D eigenvalue weighted by atomic mass is 15.5. The van der Waals surface area contributed by atoms with Crippen LogP contribution in [0.25, 0.3) is 0 Å². The lowest BCUT2D eigenvalue weighted by Crippen LogP contribution is -2.50. The summed E-state index contributed by atoms with van der Waals surface area (Å²) in [5, 5.41) is 2.29. The number of rotatable bonds is 7. The standard InChI is InChI=1S/C30H53N2.C2H6/c1-9-16-29(5)17-14-24-23(19-29)10-11-26-25(24)15-18-30(6)27(12-13-28(26)30)22(4)20-32(21(2)3)31(7)8;1-2/h22-28H,2,7,9-20H2,1,3-6,8H3;1-2H3/q+1;/t22?,23?,24?,25?,26?,27?,28?,29-,30?;/m0./s1. The van der Waals surface area contributed by atoms with Gasteiger partial charge < -0.3 is 0 Å². The highest BCUT2D eigenvalue weighted by molar-refractivity contribution is 5.14. The van der Waals surface area contributed by atoms with Crippen molar-refractivity contribution in [1.82, 2.24) is 5.01 Å². The number of hydrogen-bond acceptors (Lipinski definition) is 1. The molecule has 0 amide bonds. The first-order valence-corrected chi connectivity index (χ1v) is 15.1. The Labute approximate surface area is 213 Å². The minimum Gasteiger partial charge on any atom is -0.159 e. The lowest BCUT2D eigenvalue weighted by atomic mass is 9.47. The van der Waals surface area contributed by atoms with Gasteiger partial charge >= 0.3 is 0 Å². The van der Waals surface area contributed by atoms with E-state index >= 15 is 0 Å². The van der Waals surface area contributed by atoms with Crippen LogP contribution in [0.4, 0.5) is 0 Å². The molecule has 0 aromatic carbocycles. The summed E-state index contributed by atoms with van der Waals surface area (Å²) in [6.07, 6.45) is 16.4. The van der Waals surface area contributed by atoms with E-state index in [1.165, 1.54) is 70.6 Å². The SMILES string of the molecule is C=C(C)N(CC(C)C1CCC2C3CCC4C[C@@](C)(CCC)CCC4C3CCC12C)[N+](=C)C.CC. The zero-order valence-corrected chi connectivity index (χ0v) is 24.3. The van der Waals surface area contributed by atoms with Gasteiger partial charge in [0, 0.05) is 0 Å². The number of hydrogen-bond donors (Lipinski definition) is 0. The van der Waals surface area contributed by atoms with Crippen LogP contribution in [0.5, 0.6) is 0 Å². The number of nitrogens with zero attached hydrogens (tertiary/aromatic N) is 2. The molecule has 0 bridgehead atoms. The molecule has 0 radical (unpaired) electrons. The third-order valence-electron chi connectivity index (χ3n) is 11.3. The topological polar surface area (TPSA) is 6.25 Å². The molecule has 0 spiro atoms. The fourth-order valence-corrected chi connectivity index (χ4v) is 9.98. The summed E-state index contributed by atoms with van der Waals surface area (Å²) in [6.45, 7) is 25.8. The monoisotopic (exact) mass is 471 g/mol. The molecule has 4 fully saturated rings. The molecule has 0 heterocycles. The van der Waals surface area contributed by atoms with Crippen LogP contribution in [0.2, 0.25) is 0 Å². The molecule has 196 valence electrons. The van der Waals surface area contributed by atoms with Crippen LogP contribution in [0.15, 0.2) is 12.3 Å². The second-order valence-corrected chi connectivity index (χ2v) is 13.4. The Morgan fingerprint density at radius 1 is 1.00 bits per heavy atom. The third-order valence-corrected chi connectivity index (χ3v) is 11.3. The molecule has 2 heteroatoms. The van der Waals surface area contributed by atoms with Crippen LogP contribution in [-0.2, 0) is 0 Å². The maximum atomic E-state index is 4.21. The van der Waals surface area contributed by atoms with Crippen LogP contribution in [-0.4, -0.2) is 30.0 Å². The van der Waals surface area contributed by atoms with Crippen molar-refractivity contribution in [1.29, 1.82) is 0 Å². The third kappa shape index (κ3) is 5.17. The summed E-state index contributed by atoms with van der Waals surface area (Å²) in [4.78, 5) is 0. The van der Waals surface area contributed by atoms with Gasteiger partial charge in [-0.05, 0) is 123 Å². The molecule has 9 atom stereocenters. The van der Waals surface area contributed by atoms with Crippen molar-refractivity contribution in [3.05, 3.63) is 12.3 Å². The van der Waals surface area contributed by atoms with Gasteiger partial charge in [-0.15, -0.1) is 4.68 Å². The van der Waals surface area contributed by atoms with E-state index < -0.39 is 0 Å². The molecule has 2 nitrogen and oxygen atoms in total. The Kier molecular flexibility index (Phi) is 9.06. The fourth-order valence-electron chi connectivity index (χ4n) is 9.98. The zero-order valence-electron chi connectivity index (χ0n) is 24.3.